The number of rotatable bonds is 0. The van der Waals surface area contributed by atoms with Crippen LogP contribution in [0.25, 0.3) is 10.9 Å². The number of halogens is 2. The Kier molecular flexibility index (Phi) is 1.80. The molecule has 0 aliphatic carbocycles. The van der Waals surface area contributed by atoms with Crippen molar-refractivity contribution >= 4 is 10.9 Å². The zero-order chi connectivity index (χ0) is 10.3. The minimum absolute atomic E-state index is 0.159. The predicted octanol–water partition coefficient (Wildman–Crippen LogP) is 1.21. The highest BCUT2D eigenvalue weighted by atomic mass is 19.2. The summed E-state index contributed by atoms with van der Waals surface area (Å²) in [6.45, 7) is 0. The fourth-order valence-electron chi connectivity index (χ4n) is 1.23. The summed E-state index contributed by atoms with van der Waals surface area (Å²) in [6.07, 6.45) is 1.27. The molecule has 2 rings (SSSR count). The Labute approximate surface area is 77.6 Å². The summed E-state index contributed by atoms with van der Waals surface area (Å²) in [4.78, 5) is 15.2. The second kappa shape index (κ2) is 2.87. The van der Waals surface area contributed by atoms with Crippen molar-refractivity contribution in [2.24, 2.45) is 7.05 Å². The van der Waals surface area contributed by atoms with Crippen molar-refractivity contribution in [1.29, 1.82) is 0 Å². The van der Waals surface area contributed by atoms with Crippen LogP contribution in [-0.2, 0) is 7.05 Å². The predicted molar refractivity (Wildman–Crippen MR) is 46.9 cm³/mol. The van der Waals surface area contributed by atoms with Crippen molar-refractivity contribution in [2.75, 3.05) is 0 Å². The van der Waals surface area contributed by atoms with Crippen molar-refractivity contribution in [3.63, 3.8) is 0 Å². The standard InChI is InChI=1S/C9H6F2N2O/c1-13-4-12-6-3-2-5(10)8(11)7(6)9(13)14/h2-4H,1H3. The van der Waals surface area contributed by atoms with Gasteiger partial charge in [-0.15, -0.1) is 0 Å². The van der Waals surface area contributed by atoms with Gasteiger partial charge in [0, 0.05) is 7.05 Å². The maximum atomic E-state index is 13.2. The lowest BCUT2D eigenvalue weighted by Gasteiger charge is -2.01. The van der Waals surface area contributed by atoms with E-state index in [1.54, 1.807) is 0 Å². The molecule has 0 saturated carbocycles. The summed E-state index contributed by atoms with van der Waals surface area (Å²) in [5.41, 5.74) is -0.431. The molecule has 1 aromatic heterocycles. The molecule has 0 fully saturated rings. The van der Waals surface area contributed by atoms with Crippen LogP contribution in [0.5, 0.6) is 0 Å². The second-order valence-corrected chi connectivity index (χ2v) is 2.92. The summed E-state index contributed by atoms with van der Waals surface area (Å²) in [7, 11) is 1.43. The number of aryl methyl sites for hydroxylation is 1. The third-order valence-corrected chi connectivity index (χ3v) is 1.98. The molecule has 0 aliphatic rings. The van der Waals surface area contributed by atoms with E-state index in [0.29, 0.717) is 0 Å². The van der Waals surface area contributed by atoms with Crippen molar-refractivity contribution < 1.29 is 8.78 Å². The molecule has 0 spiro atoms. The van der Waals surface area contributed by atoms with E-state index in [1.807, 2.05) is 0 Å². The molecule has 3 nitrogen and oxygen atoms in total. The molecule has 0 amide bonds. The van der Waals surface area contributed by atoms with E-state index in [2.05, 4.69) is 4.98 Å². The first-order valence-electron chi connectivity index (χ1n) is 3.90. The number of nitrogens with zero attached hydrogens (tertiary/aromatic N) is 2. The summed E-state index contributed by atoms with van der Waals surface area (Å²) >= 11 is 0. The lowest BCUT2D eigenvalue weighted by molar-refractivity contribution is 0.515. The molecule has 2 aromatic rings. The van der Waals surface area contributed by atoms with Gasteiger partial charge in [0.15, 0.2) is 11.6 Å². The third kappa shape index (κ3) is 1.09. The topological polar surface area (TPSA) is 34.9 Å². The summed E-state index contributed by atoms with van der Waals surface area (Å²) in [6, 6.07) is 2.22. The normalized spacial score (nSPS) is 10.8. The monoisotopic (exact) mass is 196 g/mol. The van der Waals surface area contributed by atoms with Crippen LogP contribution in [0.3, 0.4) is 0 Å². The lowest BCUT2D eigenvalue weighted by Crippen LogP contribution is -2.18. The summed E-state index contributed by atoms with van der Waals surface area (Å²) < 4.78 is 27.1. The molecular weight excluding hydrogens is 190 g/mol. The Morgan fingerprint density at radius 2 is 2.07 bits per heavy atom. The van der Waals surface area contributed by atoms with Gasteiger partial charge in [-0.1, -0.05) is 0 Å². The highest BCUT2D eigenvalue weighted by molar-refractivity contribution is 5.77. The molecule has 0 N–H and O–H groups in total. The van der Waals surface area contributed by atoms with Gasteiger partial charge in [-0.2, -0.15) is 0 Å². The smallest absolute Gasteiger partial charge is 0.264 e. The zero-order valence-electron chi connectivity index (χ0n) is 7.29. The summed E-state index contributed by atoms with van der Waals surface area (Å²) in [5.74, 6) is -2.18. The minimum Gasteiger partial charge on any atom is -0.302 e. The summed E-state index contributed by atoms with van der Waals surface area (Å²) in [5, 5.41) is -0.310. The maximum absolute atomic E-state index is 13.2. The third-order valence-electron chi connectivity index (χ3n) is 1.98. The quantitative estimate of drug-likeness (QED) is 0.634. The van der Waals surface area contributed by atoms with Crippen LogP contribution in [0.4, 0.5) is 8.78 Å². The minimum atomic E-state index is -1.14. The Hall–Kier alpha value is -1.78. The van der Waals surface area contributed by atoms with Crippen LogP contribution in [0, 0.1) is 11.6 Å². The number of fused-ring (bicyclic) bond motifs is 1. The van der Waals surface area contributed by atoms with Crippen molar-refractivity contribution in [2.45, 2.75) is 0 Å². The van der Waals surface area contributed by atoms with Gasteiger partial charge >= 0.3 is 0 Å². The number of aromatic nitrogens is 2. The van der Waals surface area contributed by atoms with Crippen LogP contribution < -0.4 is 5.56 Å². The van der Waals surface area contributed by atoms with E-state index in [0.717, 1.165) is 10.6 Å². The van der Waals surface area contributed by atoms with Crippen LogP contribution in [0.2, 0.25) is 0 Å². The highest BCUT2D eigenvalue weighted by Crippen LogP contribution is 2.14. The molecule has 0 unspecified atom stereocenters. The molecule has 0 bridgehead atoms. The Morgan fingerprint density at radius 1 is 1.36 bits per heavy atom. The molecule has 0 aliphatic heterocycles. The zero-order valence-corrected chi connectivity index (χ0v) is 7.29. The first-order valence-corrected chi connectivity index (χ1v) is 3.90. The van der Waals surface area contributed by atoms with Crippen molar-refractivity contribution in [1.82, 2.24) is 9.55 Å². The van der Waals surface area contributed by atoms with E-state index in [1.165, 1.54) is 19.4 Å². The van der Waals surface area contributed by atoms with Gasteiger partial charge in [-0.25, -0.2) is 13.8 Å². The Morgan fingerprint density at radius 3 is 2.79 bits per heavy atom. The van der Waals surface area contributed by atoms with E-state index in [4.69, 9.17) is 0 Å². The molecule has 0 saturated heterocycles. The second-order valence-electron chi connectivity index (χ2n) is 2.92. The Balaban J connectivity index is 3.06. The molecule has 0 radical (unpaired) electrons. The van der Waals surface area contributed by atoms with E-state index in [9.17, 15) is 13.6 Å². The molecule has 14 heavy (non-hydrogen) atoms. The van der Waals surface area contributed by atoms with Crippen molar-refractivity contribution in [3.8, 4) is 0 Å². The van der Waals surface area contributed by atoms with Gasteiger partial charge in [-0.3, -0.25) is 4.79 Å². The molecule has 0 atom stereocenters. The van der Waals surface area contributed by atoms with Gasteiger partial charge in [0.25, 0.3) is 5.56 Å². The van der Waals surface area contributed by atoms with Gasteiger partial charge < -0.3 is 4.57 Å². The SMILES string of the molecule is Cn1cnc2ccc(F)c(F)c2c1=O. The molecule has 72 valence electrons. The number of hydrogen-bond donors (Lipinski definition) is 0. The first kappa shape index (κ1) is 8.80. The molecular formula is C9H6F2N2O. The average molecular weight is 196 g/mol. The Bertz CT molecular complexity index is 557. The van der Waals surface area contributed by atoms with Crippen LogP contribution in [0.15, 0.2) is 23.3 Å². The van der Waals surface area contributed by atoms with Gasteiger partial charge in [-0.05, 0) is 12.1 Å². The highest BCUT2D eigenvalue weighted by Gasteiger charge is 2.11. The van der Waals surface area contributed by atoms with Gasteiger partial charge in [0.05, 0.1) is 11.8 Å². The lowest BCUT2D eigenvalue weighted by atomic mass is 10.2. The molecule has 1 heterocycles. The van der Waals surface area contributed by atoms with E-state index < -0.39 is 17.2 Å². The number of hydrogen-bond acceptors (Lipinski definition) is 2. The molecule has 5 heteroatoms. The first-order chi connectivity index (χ1) is 6.61. The largest absolute Gasteiger partial charge is 0.302 e. The fraction of sp³-hybridized carbons (Fsp3) is 0.111. The van der Waals surface area contributed by atoms with E-state index >= 15 is 0 Å². The fourth-order valence-corrected chi connectivity index (χ4v) is 1.23. The average Bonchev–Trinajstić information content (AvgIpc) is 2.17. The molecule has 1 aromatic carbocycles. The van der Waals surface area contributed by atoms with Crippen LogP contribution in [0.1, 0.15) is 0 Å². The van der Waals surface area contributed by atoms with Gasteiger partial charge in [0.2, 0.25) is 0 Å². The number of benzene rings is 1. The van der Waals surface area contributed by atoms with Crippen molar-refractivity contribution in [3.05, 3.63) is 40.4 Å². The van der Waals surface area contributed by atoms with Crippen LogP contribution >= 0.6 is 0 Å². The maximum Gasteiger partial charge on any atom is 0.264 e. The van der Waals surface area contributed by atoms with Crippen LogP contribution in [-0.4, -0.2) is 9.55 Å². The van der Waals surface area contributed by atoms with E-state index in [-0.39, 0.29) is 10.9 Å². The van der Waals surface area contributed by atoms with Gasteiger partial charge in [0.1, 0.15) is 5.39 Å².